The van der Waals surface area contributed by atoms with Crippen molar-refractivity contribution in [3.8, 4) is 5.75 Å². The van der Waals surface area contributed by atoms with Gasteiger partial charge in [0, 0.05) is 12.5 Å². The van der Waals surface area contributed by atoms with Crippen molar-refractivity contribution in [1.29, 1.82) is 0 Å². The number of rotatable bonds is 4. The molecular formula is C16H16O5. The van der Waals surface area contributed by atoms with Crippen LogP contribution in [0.3, 0.4) is 0 Å². The molecule has 0 aliphatic carbocycles. The van der Waals surface area contributed by atoms with Gasteiger partial charge >= 0.3 is 5.97 Å². The Morgan fingerprint density at radius 1 is 0.952 bits per heavy atom. The van der Waals surface area contributed by atoms with Gasteiger partial charge in [-0.1, -0.05) is 36.4 Å². The molecule has 0 radical (unpaired) electrons. The topological polar surface area (TPSA) is 83.8 Å². The predicted octanol–water partition coefficient (Wildman–Crippen LogP) is 3.05. The van der Waals surface area contributed by atoms with Gasteiger partial charge < -0.3 is 14.9 Å². The Labute approximate surface area is 122 Å². The maximum atomic E-state index is 11.0. The molecule has 0 fully saturated rings. The molecule has 2 aromatic rings. The maximum Gasteiger partial charge on any atom is 0.336 e. The molecule has 0 aromatic heterocycles. The number of aliphatic carboxylic acids is 1. The van der Waals surface area contributed by atoms with Crippen molar-refractivity contribution < 1.29 is 24.5 Å². The minimum atomic E-state index is -0.933. The molecule has 2 rings (SSSR count). The van der Waals surface area contributed by atoms with E-state index >= 15 is 0 Å². The minimum Gasteiger partial charge on any atom is -0.489 e. The van der Waals surface area contributed by atoms with Crippen LogP contribution in [0.1, 0.15) is 22.8 Å². The predicted molar refractivity (Wildman–Crippen MR) is 77.5 cm³/mol. The van der Waals surface area contributed by atoms with Crippen LogP contribution in [-0.2, 0) is 11.4 Å². The average Bonchev–Trinajstić information content (AvgIpc) is 2.46. The Hall–Kier alpha value is -2.82. The second-order valence-corrected chi connectivity index (χ2v) is 4.08. The molecule has 0 bridgehead atoms. The molecule has 0 saturated carbocycles. The number of carbonyl (C=O) groups is 2. The smallest absolute Gasteiger partial charge is 0.336 e. The molecule has 0 aliphatic heterocycles. The Kier molecular flexibility index (Phi) is 6.47. The van der Waals surface area contributed by atoms with Crippen LogP contribution in [0.2, 0.25) is 0 Å². The highest BCUT2D eigenvalue weighted by Gasteiger charge is 2.08. The second-order valence-electron chi connectivity index (χ2n) is 4.08. The van der Waals surface area contributed by atoms with Crippen molar-refractivity contribution in [2.45, 2.75) is 13.5 Å². The van der Waals surface area contributed by atoms with E-state index in [0.717, 1.165) is 12.7 Å². The first-order chi connectivity index (χ1) is 10.0. The summed E-state index contributed by atoms with van der Waals surface area (Å²) in [5.74, 6) is -1.04. The van der Waals surface area contributed by atoms with Crippen molar-refractivity contribution >= 4 is 11.9 Å². The first-order valence-electron chi connectivity index (χ1n) is 6.19. The fourth-order valence-electron chi connectivity index (χ4n) is 1.53. The molecule has 0 amide bonds. The van der Waals surface area contributed by atoms with Gasteiger partial charge in [0.25, 0.3) is 5.97 Å². The molecule has 0 saturated heterocycles. The van der Waals surface area contributed by atoms with Gasteiger partial charge in [0.05, 0.1) is 5.56 Å². The van der Waals surface area contributed by atoms with Crippen LogP contribution in [0.25, 0.3) is 0 Å². The first-order valence-corrected chi connectivity index (χ1v) is 6.19. The number of carboxylic acids is 2. The minimum absolute atomic E-state index is 0.256. The molecule has 5 nitrogen and oxygen atoms in total. The summed E-state index contributed by atoms with van der Waals surface area (Å²) in [4.78, 5) is 20.0. The number of aromatic carboxylic acids is 1. The zero-order valence-corrected chi connectivity index (χ0v) is 11.5. The van der Waals surface area contributed by atoms with Crippen LogP contribution < -0.4 is 4.74 Å². The average molecular weight is 288 g/mol. The molecule has 0 atom stereocenters. The van der Waals surface area contributed by atoms with Gasteiger partial charge in [0.1, 0.15) is 12.4 Å². The van der Waals surface area contributed by atoms with E-state index in [9.17, 15) is 4.79 Å². The number of benzene rings is 2. The van der Waals surface area contributed by atoms with E-state index in [-0.39, 0.29) is 12.2 Å². The summed E-state index contributed by atoms with van der Waals surface area (Å²) in [5, 5.41) is 16.4. The summed E-state index contributed by atoms with van der Waals surface area (Å²) in [6, 6.07) is 16.2. The van der Waals surface area contributed by atoms with Gasteiger partial charge in [-0.05, 0) is 18.2 Å². The lowest BCUT2D eigenvalue weighted by atomic mass is 10.1. The summed E-state index contributed by atoms with van der Waals surface area (Å²) in [5.41, 5.74) is 0.951. The van der Waals surface area contributed by atoms with Crippen LogP contribution in [0.4, 0.5) is 0 Å². The molecule has 0 heterocycles. The lowest BCUT2D eigenvalue weighted by Gasteiger charge is -2.08. The molecule has 2 N–H and O–H groups in total. The van der Waals surface area contributed by atoms with Crippen molar-refractivity contribution in [2.75, 3.05) is 0 Å². The van der Waals surface area contributed by atoms with Crippen LogP contribution >= 0.6 is 0 Å². The van der Waals surface area contributed by atoms with Gasteiger partial charge in [-0.2, -0.15) is 0 Å². The molecular weight excluding hydrogens is 272 g/mol. The number of para-hydroxylation sites is 1. The van der Waals surface area contributed by atoms with E-state index in [1.165, 1.54) is 0 Å². The SMILES string of the molecule is CC(=O)O.O=C(O)c1ccccc1COc1ccccc1. The zero-order chi connectivity index (χ0) is 15.7. The standard InChI is InChI=1S/C14H12O3.C2H4O2/c15-14(16)13-9-5-4-6-11(13)10-17-12-7-2-1-3-8-12;1-2(3)4/h1-9H,10H2,(H,15,16);1H3,(H,3,4). The van der Waals surface area contributed by atoms with Crippen LogP contribution in [0.15, 0.2) is 54.6 Å². The highest BCUT2D eigenvalue weighted by Crippen LogP contribution is 2.14. The third-order valence-corrected chi connectivity index (χ3v) is 2.39. The normalized spacial score (nSPS) is 9.19. The summed E-state index contributed by atoms with van der Waals surface area (Å²) >= 11 is 0. The lowest BCUT2D eigenvalue weighted by molar-refractivity contribution is -0.134. The number of carboxylic acid groups (broad SMARTS) is 2. The fraction of sp³-hybridized carbons (Fsp3) is 0.125. The summed E-state index contributed by atoms with van der Waals surface area (Å²) < 4.78 is 5.52. The number of hydrogen-bond acceptors (Lipinski definition) is 3. The highest BCUT2D eigenvalue weighted by molar-refractivity contribution is 5.89. The number of hydrogen-bond donors (Lipinski definition) is 2. The highest BCUT2D eigenvalue weighted by atomic mass is 16.5. The Balaban J connectivity index is 0.000000491. The molecule has 0 spiro atoms. The maximum absolute atomic E-state index is 11.0. The molecule has 110 valence electrons. The Morgan fingerprint density at radius 3 is 2.05 bits per heavy atom. The van der Waals surface area contributed by atoms with E-state index in [2.05, 4.69) is 0 Å². The van der Waals surface area contributed by atoms with Gasteiger partial charge in [0.2, 0.25) is 0 Å². The molecule has 21 heavy (non-hydrogen) atoms. The third kappa shape index (κ3) is 6.24. The van der Waals surface area contributed by atoms with E-state index in [1.54, 1.807) is 24.3 Å². The summed E-state index contributed by atoms with van der Waals surface area (Å²) in [7, 11) is 0. The summed E-state index contributed by atoms with van der Waals surface area (Å²) in [6.45, 7) is 1.34. The van der Waals surface area contributed by atoms with Gasteiger partial charge in [0.15, 0.2) is 0 Å². The lowest BCUT2D eigenvalue weighted by Crippen LogP contribution is -2.05. The van der Waals surface area contributed by atoms with Crippen molar-refractivity contribution in [1.82, 2.24) is 0 Å². The van der Waals surface area contributed by atoms with Gasteiger partial charge in [-0.15, -0.1) is 0 Å². The van der Waals surface area contributed by atoms with E-state index in [0.29, 0.717) is 5.56 Å². The Morgan fingerprint density at radius 2 is 1.48 bits per heavy atom. The second kappa shape index (κ2) is 8.37. The van der Waals surface area contributed by atoms with E-state index in [4.69, 9.17) is 19.7 Å². The van der Waals surface area contributed by atoms with Crippen molar-refractivity contribution in [3.63, 3.8) is 0 Å². The third-order valence-electron chi connectivity index (χ3n) is 2.39. The molecule has 2 aromatic carbocycles. The van der Waals surface area contributed by atoms with Crippen LogP contribution in [0.5, 0.6) is 5.75 Å². The quantitative estimate of drug-likeness (QED) is 0.903. The van der Waals surface area contributed by atoms with E-state index < -0.39 is 11.9 Å². The summed E-state index contributed by atoms with van der Waals surface area (Å²) in [6.07, 6.45) is 0. The van der Waals surface area contributed by atoms with Crippen LogP contribution in [0, 0.1) is 0 Å². The molecule has 0 unspecified atom stereocenters. The first kappa shape index (κ1) is 16.2. The number of ether oxygens (including phenoxy) is 1. The van der Waals surface area contributed by atoms with Crippen molar-refractivity contribution in [3.05, 3.63) is 65.7 Å². The largest absolute Gasteiger partial charge is 0.489 e. The van der Waals surface area contributed by atoms with E-state index in [1.807, 2.05) is 30.3 Å². The zero-order valence-electron chi connectivity index (χ0n) is 11.5. The molecule has 0 aliphatic rings. The Bertz CT molecular complexity index is 589. The van der Waals surface area contributed by atoms with Crippen molar-refractivity contribution in [2.24, 2.45) is 0 Å². The molecule has 5 heteroatoms. The van der Waals surface area contributed by atoms with Crippen LogP contribution in [-0.4, -0.2) is 22.2 Å². The van der Waals surface area contributed by atoms with Gasteiger partial charge in [-0.3, -0.25) is 4.79 Å². The fourth-order valence-corrected chi connectivity index (χ4v) is 1.53. The van der Waals surface area contributed by atoms with Gasteiger partial charge in [-0.25, -0.2) is 4.79 Å². The monoisotopic (exact) mass is 288 g/mol.